The zero-order valence-corrected chi connectivity index (χ0v) is 21.9. The molecule has 2 rings (SSSR count). The molecule has 0 saturated heterocycles. The molecule has 0 aliphatic heterocycles. The van der Waals surface area contributed by atoms with Gasteiger partial charge in [-0.25, -0.2) is 9.36 Å². The number of carbonyl (C=O) groups is 1. The van der Waals surface area contributed by atoms with Gasteiger partial charge in [-0.3, -0.25) is 0 Å². The van der Waals surface area contributed by atoms with Crippen LogP contribution in [0.3, 0.4) is 0 Å². The Labute approximate surface area is 207 Å². The largest absolute Gasteiger partial charge is 0.450 e. The second-order valence-electron chi connectivity index (χ2n) is 9.92. The number of allylic oxidation sites excluding steroid dienone is 1. The third-order valence-corrected chi connectivity index (χ3v) is 6.27. The highest BCUT2D eigenvalue weighted by Gasteiger charge is 2.23. The molecule has 34 heavy (non-hydrogen) atoms. The minimum Gasteiger partial charge on any atom is -0.450 e. The van der Waals surface area contributed by atoms with Gasteiger partial charge in [0, 0.05) is 18.1 Å². The van der Waals surface area contributed by atoms with Crippen molar-refractivity contribution in [1.29, 1.82) is 0 Å². The summed E-state index contributed by atoms with van der Waals surface area (Å²) in [7, 11) is 0. The van der Waals surface area contributed by atoms with Crippen molar-refractivity contribution in [3.8, 4) is 0 Å². The van der Waals surface area contributed by atoms with Gasteiger partial charge in [-0.2, -0.15) is 0 Å². The van der Waals surface area contributed by atoms with Crippen LogP contribution in [0.2, 0.25) is 0 Å². The van der Waals surface area contributed by atoms with E-state index in [1.165, 1.54) is 37.7 Å². The summed E-state index contributed by atoms with van der Waals surface area (Å²) in [6.07, 6.45) is 14.7. The van der Waals surface area contributed by atoms with Gasteiger partial charge in [0.2, 0.25) is 0 Å². The summed E-state index contributed by atoms with van der Waals surface area (Å²) < 4.78 is 7.75. The van der Waals surface area contributed by atoms with E-state index in [4.69, 9.17) is 4.74 Å². The minimum atomic E-state index is -0.510. The minimum absolute atomic E-state index is 0.364. The second-order valence-corrected chi connectivity index (χ2v) is 9.92. The molecule has 0 aliphatic rings. The number of benzene rings is 1. The van der Waals surface area contributed by atoms with Gasteiger partial charge in [0.1, 0.15) is 6.54 Å². The molecule has 4 heteroatoms. The first kappa shape index (κ1) is 27.6. The van der Waals surface area contributed by atoms with E-state index in [9.17, 15) is 4.79 Å². The number of amides is 1. The number of hydrogen-bond acceptors (Lipinski definition) is 2. The fourth-order valence-corrected chi connectivity index (χ4v) is 4.07. The summed E-state index contributed by atoms with van der Waals surface area (Å²) in [6, 6.07) is 12.5. The Morgan fingerprint density at radius 3 is 2.56 bits per heavy atom. The number of hydrogen-bond donors (Lipinski definition) is 1. The summed E-state index contributed by atoms with van der Waals surface area (Å²) in [4.78, 5) is 12.3. The fourth-order valence-electron chi connectivity index (χ4n) is 4.07. The van der Waals surface area contributed by atoms with Gasteiger partial charge in [0.05, 0.1) is 12.1 Å². The molecule has 0 radical (unpaired) electrons. The molecule has 4 nitrogen and oxygen atoms in total. The average molecular weight is 466 g/mol. The van der Waals surface area contributed by atoms with E-state index < -0.39 is 5.54 Å². The third-order valence-electron chi connectivity index (χ3n) is 6.27. The Morgan fingerprint density at radius 2 is 1.79 bits per heavy atom. The summed E-state index contributed by atoms with van der Waals surface area (Å²) >= 11 is 0. The van der Waals surface area contributed by atoms with Crippen LogP contribution in [-0.2, 0) is 23.2 Å². The molecule has 0 aliphatic carbocycles. The molecular weight excluding hydrogens is 420 g/mol. The van der Waals surface area contributed by atoms with Crippen LogP contribution < -0.4 is 9.88 Å². The summed E-state index contributed by atoms with van der Waals surface area (Å²) in [6.45, 7) is 13.7. The standard InChI is InChI=1S/C30H44N2O2/c1-6-7-8-11-16-26-17-15-21-32(24-26)20-12-9-10-13-22-34-29(33)31-30(4,5)28-19-14-18-27(23-28)25(2)3/h14-15,17-19,21,23-24H,2,6-13,16,20,22H2,1,3-5H3/p+1. The first-order valence-electron chi connectivity index (χ1n) is 13.0. The topological polar surface area (TPSA) is 42.2 Å². The normalized spacial score (nSPS) is 11.3. The predicted octanol–water partition coefficient (Wildman–Crippen LogP) is 7.35. The molecule has 0 bridgehead atoms. The Kier molecular flexibility index (Phi) is 11.9. The van der Waals surface area contributed by atoms with E-state index in [2.05, 4.69) is 54.0 Å². The maximum Gasteiger partial charge on any atom is 0.407 e. The summed E-state index contributed by atoms with van der Waals surface area (Å²) in [5.41, 5.74) is 4.05. The number of alkyl carbamates (subject to hydrolysis) is 1. The van der Waals surface area contributed by atoms with E-state index in [0.717, 1.165) is 48.9 Å². The van der Waals surface area contributed by atoms with Crippen LogP contribution in [0.5, 0.6) is 0 Å². The van der Waals surface area contributed by atoms with Crippen LogP contribution in [-0.4, -0.2) is 12.7 Å². The Bertz CT molecular complexity index is 904. The highest BCUT2D eigenvalue weighted by atomic mass is 16.5. The number of nitrogens with zero attached hydrogens (tertiary/aromatic N) is 1. The number of unbranched alkanes of at least 4 members (excludes halogenated alkanes) is 6. The van der Waals surface area contributed by atoms with Gasteiger partial charge in [-0.1, -0.05) is 56.5 Å². The Hall–Kier alpha value is -2.62. The van der Waals surface area contributed by atoms with Gasteiger partial charge in [-0.05, 0) is 76.1 Å². The van der Waals surface area contributed by atoms with Crippen LogP contribution >= 0.6 is 0 Å². The number of nitrogens with one attached hydrogen (secondary N) is 1. The zero-order valence-electron chi connectivity index (χ0n) is 21.9. The molecule has 2 aromatic rings. The number of rotatable bonds is 15. The number of aryl methyl sites for hydroxylation is 2. The van der Waals surface area contributed by atoms with Gasteiger partial charge in [0.15, 0.2) is 12.4 Å². The molecule has 0 fully saturated rings. The van der Waals surface area contributed by atoms with Gasteiger partial charge < -0.3 is 10.1 Å². The molecule has 1 heterocycles. The molecule has 0 atom stereocenters. The average Bonchev–Trinajstić information content (AvgIpc) is 2.81. The maximum absolute atomic E-state index is 12.3. The lowest BCUT2D eigenvalue weighted by Crippen LogP contribution is -2.41. The lowest BCUT2D eigenvalue weighted by molar-refractivity contribution is -0.697. The summed E-state index contributed by atoms with van der Waals surface area (Å²) in [5, 5.41) is 2.99. The van der Waals surface area contributed by atoms with Crippen LogP contribution in [0.1, 0.15) is 95.8 Å². The molecule has 0 saturated carbocycles. The van der Waals surface area contributed by atoms with Crippen LogP contribution in [0.15, 0.2) is 55.4 Å². The lowest BCUT2D eigenvalue weighted by atomic mass is 9.92. The number of pyridine rings is 1. The first-order valence-corrected chi connectivity index (χ1v) is 13.0. The molecule has 186 valence electrons. The monoisotopic (exact) mass is 465 g/mol. The molecule has 0 spiro atoms. The molecule has 1 aromatic carbocycles. The van der Waals surface area contributed by atoms with Crippen molar-refractivity contribution in [3.05, 3.63) is 72.1 Å². The summed E-state index contributed by atoms with van der Waals surface area (Å²) in [5.74, 6) is 0. The zero-order chi connectivity index (χ0) is 24.8. The van der Waals surface area contributed by atoms with Crippen LogP contribution in [0.25, 0.3) is 5.57 Å². The van der Waals surface area contributed by atoms with E-state index in [1.807, 2.05) is 39.0 Å². The van der Waals surface area contributed by atoms with Crippen molar-refractivity contribution >= 4 is 11.7 Å². The predicted molar refractivity (Wildman–Crippen MR) is 142 cm³/mol. The van der Waals surface area contributed by atoms with Crippen LogP contribution in [0.4, 0.5) is 4.79 Å². The van der Waals surface area contributed by atoms with E-state index in [0.29, 0.717) is 6.61 Å². The third kappa shape index (κ3) is 10.1. The number of ether oxygens (including phenoxy) is 1. The SMILES string of the molecule is C=C(C)c1cccc(C(C)(C)NC(=O)OCCCCCC[n+]2cccc(CCCCCC)c2)c1. The van der Waals surface area contributed by atoms with Gasteiger partial charge >= 0.3 is 6.09 Å². The first-order chi connectivity index (χ1) is 16.3. The van der Waals surface area contributed by atoms with Crippen molar-refractivity contribution in [3.63, 3.8) is 0 Å². The number of carbonyl (C=O) groups excluding carboxylic acids is 1. The van der Waals surface area contributed by atoms with E-state index >= 15 is 0 Å². The second kappa shape index (κ2) is 14.6. The lowest BCUT2D eigenvalue weighted by Gasteiger charge is -2.27. The molecule has 1 amide bonds. The molecule has 1 N–H and O–H groups in total. The molecular formula is C30H45N2O2+. The van der Waals surface area contributed by atoms with Crippen molar-refractivity contribution in [2.45, 2.75) is 97.6 Å². The van der Waals surface area contributed by atoms with Gasteiger partial charge in [0.25, 0.3) is 0 Å². The molecule has 1 aromatic heterocycles. The molecule has 0 unspecified atom stereocenters. The number of aromatic nitrogens is 1. The highest BCUT2D eigenvalue weighted by Crippen LogP contribution is 2.23. The fraction of sp³-hybridized carbons (Fsp3) is 0.533. The van der Waals surface area contributed by atoms with Crippen molar-refractivity contribution in [2.75, 3.05) is 6.61 Å². The van der Waals surface area contributed by atoms with Gasteiger partial charge in [-0.15, -0.1) is 0 Å². The van der Waals surface area contributed by atoms with Crippen molar-refractivity contribution in [2.24, 2.45) is 0 Å². The Morgan fingerprint density at radius 1 is 1.03 bits per heavy atom. The Balaban J connectivity index is 1.62. The smallest absolute Gasteiger partial charge is 0.407 e. The van der Waals surface area contributed by atoms with Crippen molar-refractivity contribution < 1.29 is 14.1 Å². The van der Waals surface area contributed by atoms with E-state index in [1.54, 1.807) is 0 Å². The maximum atomic E-state index is 12.3. The van der Waals surface area contributed by atoms with E-state index in [-0.39, 0.29) is 6.09 Å². The quantitative estimate of drug-likeness (QED) is 0.221. The van der Waals surface area contributed by atoms with Crippen LogP contribution in [0, 0.1) is 0 Å². The van der Waals surface area contributed by atoms with Crippen molar-refractivity contribution in [1.82, 2.24) is 5.32 Å². The highest BCUT2D eigenvalue weighted by molar-refractivity contribution is 5.69.